The van der Waals surface area contributed by atoms with Crippen LogP contribution in [0.5, 0.6) is 0 Å². The third-order valence-electron chi connectivity index (χ3n) is 3.86. The Hall–Kier alpha value is -1.03. The molecule has 2 rings (SSSR count). The molecule has 0 unspecified atom stereocenters. The maximum atomic E-state index is 9.58. The molecule has 0 radical (unpaired) electrons. The Morgan fingerprint density at radius 3 is 2.59 bits per heavy atom. The molecular weight excluding hydrogens is 395 g/mol. The largest absolute Gasteiger partial charge is 0.393 e. The molecule has 22 heavy (non-hydrogen) atoms. The van der Waals surface area contributed by atoms with E-state index in [1.54, 1.807) is 7.05 Å². The van der Waals surface area contributed by atoms with Gasteiger partial charge in [-0.05, 0) is 12.8 Å². The van der Waals surface area contributed by atoms with Gasteiger partial charge in [0.15, 0.2) is 5.96 Å². The number of piperidine rings is 1. The highest BCUT2D eigenvalue weighted by Crippen LogP contribution is 2.12. The van der Waals surface area contributed by atoms with Gasteiger partial charge in [0.2, 0.25) is 5.95 Å². The number of imidazole rings is 1. The van der Waals surface area contributed by atoms with Crippen LogP contribution in [0.3, 0.4) is 0 Å². The van der Waals surface area contributed by atoms with Gasteiger partial charge >= 0.3 is 0 Å². The highest BCUT2D eigenvalue weighted by atomic mass is 127. The van der Waals surface area contributed by atoms with E-state index in [2.05, 4.69) is 24.8 Å². The molecule has 0 amide bonds. The maximum Gasteiger partial charge on any atom is 0.204 e. The molecule has 7 nitrogen and oxygen atoms in total. The van der Waals surface area contributed by atoms with Crippen molar-refractivity contribution in [3.05, 3.63) is 11.9 Å². The molecule has 0 aliphatic carbocycles. The number of aromatic nitrogens is 2. The van der Waals surface area contributed by atoms with Crippen molar-refractivity contribution in [2.24, 2.45) is 12.0 Å². The van der Waals surface area contributed by atoms with Crippen LogP contribution >= 0.6 is 24.0 Å². The fourth-order valence-electron chi connectivity index (χ4n) is 2.59. The summed E-state index contributed by atoms with van der Waals surface area (Å²) in [5.74, 6) is 1.82. The van der Waals surface area contributed by atoms with Crippen LogP contribution in [0.1, 0.15) is 18.5 Å². The summed E-state index contributed by atoms with van der Waals surface area (Å²) in [4.78, 5) is 12.9. The number of guanidine groups is 1. The Kier molecular flexibility index (Phi) is 7.40. The normalized spacial score (nSPS) is 16.4. The molecule has 1 saturated heterocycles. The summed E-state index contributed by atoms with van der Waals surface area (Å²) < 4.78 is 2.07. The van der Waals surface area contributed by atoms with E-state index in [1.807, 2.05) is 32.2 Å². The molecule has 1 fully saturated rings. The van der Waals surface area contributed by atoms with Crippen LogP contribution in [0, 0.1) is 0 Å². The zero-order valence-corrected chi connectivity index (χ0v) is 16.1. The number of halogens is 1. The topological polar surface area (TPSA) is 68.9 Å². The molecule has 0 spiro atoms. The minimum Gasteiger partial charge on any atom is -0.393 e. The summed E-state index contributed by atoms with van der Waals surface area (Å²) in [7, 11) is 7.77. The van der Waals surface area contributed by atoms with E-state index in [0.717, 1.165) is 43.5 Å². The van der Waals surface area contributed by atoms with E-state index in [9.17, 15) is 5.11 Å². The van der Waals surface area contributed by atoms with Crippen LogP contribution in [0.15, 0.2) is 11.2 Å². The second kappa shape index (κ2) is 8.56. The first-order chi connectivity index (χ1) is 10.0. The summed E-state index contributed by atoms with van der Waals surface area (Å²) in [6.45, 7) is 2.37. The van der Waals surface area contributed by atoms with Crippen molar-refractivity contribution >= 4 is 35.9 Å². The lowest BCUT2D eigenvalue weighted by Gasteiger charge is -2.32. The quantitative estimate of drug-likeness (QED) is 0.425. The van der Waals surface area contributed by atoms with Gasteiger partial charge in [-0.3, -0.25) is 4.99 Å². The Labute approximate surface area is 149 Å². The van der Waals surface area contributed by atoms with Crippen molar-refractivity contribution in [2.45, 2.75) is 25.5 Å². The van der Waals surface area contributed by atoms with Crippen LogP contribution < -0.4 is 10.2 Å². The van der Waals surface area contributed by atoms with E-state index < -0.39 is 0 Å². The van der Waals surface area contributed by atoms with Gasteiger partial charge in [-0.1, -0.05) is 0 Å². The SMILES string of the molecule is CN=C(NCc1cnc(N(C)C)n1C)N1CCC(O)CC1.I. The molecule has 8 heteroatoms. The van der Waals surface area contributed by atoms with Crippen LogP contribution in [-0.4, -0.2) is 65.9 Å². The van der Waals surface area contributed by atoms with Gasteiger partial charge in [0, 0.05) is 41.3 Å². The number of aliphatic hydroxyl groups excluding tert-OH is 1. The van der Waals surface area contributed by atoms with E-state index in [0.29, 0.717) is 6.54 Å². The van der Waals surface area contributed by atoms with Crippen LogP contribution in [0.4, 0.5) is 5.95 Å². The number of hydrogen-bond acceptors (Lipinski definition) is 4. The lowest BCUT2D eigenvalue weighted by atomic mass is 10.1. The number of rotatable bonds is 3. The number of nitrogens with one attached hydrogen (secondary N) is 1. The third kappa shape index (κ3) is 4.48. The molecule has 0 bridgehead atoms. The summed E-state index contributed by atoms with van der Waals surface area (Å²) in [5, 5.41) is 13.0. The Bertz CT molecular complexity index is 494. The smallest absolute Gasteiger partial charge is 0.204 e. The lowest BCUT2D eigenvalue weighted by Crippen LogP contribution is -2.46. The first-order valence-corrected chi connectivity index (χ1v) is 7.34. The van der Waals surface area contributed by atoms with Gasteiger partial charge in [-0.2, -0.15) is 0 Å². The molecule has 0 aromatic carbocycles. The number of anilines is 1. The Balaban J connectivity index is 0.00000242. The van der Waals surface area contributed by atoms with E-state index in [-0.39, 0.29) is 30.1 Å². The molecular formula is C14H27IN6O. The van der Waals surface area contributed by atoms with Crippen molar-refractivity contribution in [1.29, 1.82) is 0 Å². The summed E-state index contributed by atoms with van der Waals surface area (Å²) in [5.41, 5.74) is 1.11. The lowest BCUT2D eigenvalue weighted by molar-refractivity contribution is 0.108. The molecule has 1 aliphatic heterocycles. The predicted octanol–water partition coefficient (Wildman–Crippen LogP) is 0.636. The summed E-state index contributed by atoms with van der Waals surface area (Å²) in [6, 6.07) is 0. The molecule has 0 atom stereocenters. The van der Waals surface area contributed by atoms with Crippen molar-refractivity contribution in [3.63, 3.8) is 0 Å². The van der Waals surface area contributed by atoms with E-state index in [1.165, 1.54) is 0 Å². The van der Waals surface area contributed by atoms with E-state index >= 15 is 0 Å². The maximum absolute atomic E-state index is 9.58. The van der Waals surface area contributed by atoms with Gasteiger partial charge < -0.3 is 24.8 Å². The van der Waals surface area contributed by atoms with Crippen LogP contribution in [-0.2, 0) is 13.6 Å². The van der Waals surface area contributed by atoms with Crippen molar-refractivity contribution in [3.8, 4) is 0 Å². The van der Waals surface area contributed by atoms with Gasteiger partial charge in [0.1, 0.15) is 0 Å². The van der Waals surface area contributed by atoms with Gasteiger partial charge in [-0.25, -0.2) is 4.98 Å². The zero-order valence-electron chi connectivity index (χ0n) is 13.8. The molecule has 2 N–H and O–H groups in total. The second-order valence-electron chi connectivity index (χ2n) is 5.62. The number of hydrogen-bond donors (Lipinski definition) is 2. The molecule has 0 saturated carbocycles. The Morgan fingerprint density at radius 1 is 1.45 bits per heavy atom. The molecule has 126 valence electrons. The van der Waals surface area contributed by atoms with Crippen molar-refractivity contribution in [2.75, 3.05) is 39.1 Å². The van der Waals surface area contributed by atoms with Crippen LogP contribution in [0.25, 0.3) is 0 Å². The number of aliphatic imine (C=N–C) groups is 1. The molecule has 1 aliphatic rings. The summed E-state index contributed by atoms with van der Waals surface area (Å²) in [6.07, 6.45) is 3.32. The minimum absolute atomic E-state index is 0. The predicted molar refractivity (Wildman–Crippen MR) is 100.0 cm³/mol. The van der Waals surface area contributed by atoms with Crippen LogP contribution in [0.2, 0.25) is 0 Å². The third-order valence-corrected chi connectivity index (χ3v) is 3.86. The molecule has 1 aromatic rings. The number of likely N-dealkylation sites (tertiary alicyclic amines) is 1. The Morgan fingerprint density at radius 2 is 2.09 bits per heavy atom. The molecule has 2 heterocycles. The van der Waals surface area contributed by atoms with Crippen molar-refractivity contribution < 1.29 is 5.11 Å². The average Bonchev–Trinajstić information content (AvgIpc) is 2.83. The molecule has 1 aromatic heterocycles. The average molecular weight is 422 g/mol. The van der Waals surface area contributed by atoms with E-state index in [4.69, 9.17) is 0 Å². The fourth-order valence-corrected chi connectivity index (χ4v) is 2.59. The zero-order chi connectivity index (χ0) is 15.4. The fraction of sp³-hybridized carbons (Fsp3) is 0.714. The minimum atomic E-state index is -0.168. The van der Waals surface area contributed by atoms with Gasteiger partial charge in [0.25, 0.3) is 0 Å². The standard InChI is InChI=1S/C14H26N6O.HI/c1-15-13(20-7-5-12(21)6-8-20)16-9-11-10-17-14(18(2)3)19(11)4;/h10,12,21H,5-9H2,1-4H3,(H,15,16);1H. The monoisotopic (exact) mass is 422 g/mol. The van der Waals surface area contributed by atoms with Gasteiger partial charge in [-0.15, -0.1) is 24.0 Å². The highest BCUT2D eigenvalue weighted by molar-refractivity contribution is 14.0. The first-order valence-electron chi connectivity index (χ1n) is 7.34. The summed E-state index contributed by atoms with van der Waals surface area (Å²) >= 11 is 0. The van der Waals surface area contributed by atoms with Crippen molar-refractivity contribution in [1.82, 2.24) is 19.8 Å². The van der Waals surface area contributed by atoms with Gasteiger partial charge in [0.05, 0.1) is 24.5 Å². The number of nitrogens with zero attached hydrogens (tertiary/aromatic N) is 5. The first kappa shape index (κ1) is 19.0. The second-order valence-corrected chi connectivity index (χ2v) is 5.62. The highest BCUT2D eigenvalue weighted by Gasteiger charge is 2.19. The number of aliphatic hydroxyl groups is 1.